The number of benzene rings is 2. The molecule has 174 valence electrons. The van der Waals surface area contributed by atoms with Crippen LogP contribution < -0.4 is 14.8 Å². The lowest BCUT2D eigenvalue weighted by atomic mass is 10.1. The van der Waals surface area contributed by atoms with Crippen molar-refractivity contribution in [1.82, 2.24) is 9.99 Å². The number of methoxy groups -OCH3 is 2. The van der Waals surface area contributed by atoms with Gasteiger partial charge in [-0.15, -0.1) is 0 Å². The van der Waals surface area contributed by atoms with Gasteiger partial charge in [-0.05, 0) is 54.4 Å². The summed E-state index contributed by atoms with van der Waals surface area (Å²) in [6.07, 6.45) is 3.22. The molecule has 1 aliphatic rings. The van der Waals surface area contributed by atoms with E-state index < -0.39 is 6.09 Å². The second-order valence-corrected chi connectivity index (χ2v) is 7.43. The number of aromatic nitrogens is 1. The maximum absolute atomic E-state index is 12.3. The number of pyridine rings is 1. The highest BCUT2D eigenvalue weighted by Crippen LogP contribution is 2.28. The number of hydrogen-bond donors (Lipinski definition) is 1. The monoisotopic (exact) mass is 460 g/mol. The Morgan fingerprint density at radius 1 is 1.03 bits per heavy atom. The van der Waals surface area contributed by atoms with Crippen molar-refractivity contribution < 1.29 is 23.8 Å². The number of nitrogens with zero attached hydrogens (tertiary/aromatic N) is 3. The van der Waals surface area contributed by atoms with Crippen molar-refractivity contribution in [3.63, 3.8) is 0 Å². The lowest BCUT2D eigenvalue weighted by molar-refractivity contribution is 0.102. The molecule has 0 radical (unpaired) electrons. The summed E-state index contributed by atoms with van der Waals surface area (Å²) in [5, 5.41) is 8.65. The van der Waals surface area contributed by atoms with Crippen LogP contribution in [0.25, 0.3) is 0 Å². The molecule has 0 atom stereocenters. The fraction of sp³-hybridized carbons (Fsp3) is 0.200. The van der Waals surface area contributed by atoms with Gasteiger partial charge in [0, 0.05) is 29.2 Å². The topological polar surface area (TPSA) is 102 Å². The summed E-state index contributed by atoms with van der Waals surface area (Å²) in [5.41, 5.74) is 3.60. The largest absolute Gasteiger partial charge is 0.493 e. The van der Waals surface area contributed by atoms with Crippen molar-refractivity contribution in [2.75, 3.05) is 32.7 Å². The number of hydrogen-bond acceptors (Lipinski definition) is 7. The highest BCUT2D eigenvalue weighted by molar-refractivity contribution is 6.04. The summed E-state index contributed by atoms with van der Waals surface area (Å²) in [5.74, 6) is 0.974. The van der Waals surface area contributed by atoms with Crippen LogP contribution >= 0.6 is 0 Å². The first-order valence-corrected chi connectivity index (χ1v) is 10.6. The van der Waals surface area contributed by atoms with Crippen LogP contribution in [-0.2, 0) is 11.2 Å². The van der Waals surface area contributed by atoms with Crippen molar-refractivity contribution in [3.05, 3.63) is 83.7 Å². The summed E-state index contributed by atoms with van der Waals surface area (Å²) in [4.78, 5) is 28.4. The first kappa shape index (κ1) is 22.8. The molecule has 2 aromatic carbocycles. The van der Waals surface area contributed by atoms with Crippen molar-refractivity contribution >= 4 is 23.4 Å². The van der Waals surface area contributed by atoms with Gasteiger partial charge >= 0.3 is 6.09 Å². The normalized spacial score (nSPS) is 13.1. The number of carbonyl (C=O) groups excluding carboxylic acids is 2. The lowest BCUT2D eigenvalue weighted by Gasteiger charge is -2.24. The van der Waals surface area contributed by atoms with Crippen LogP contribution in [0.2, 0.25) is 0 Å². The van der Waals surface area contributed by atoms with Crippen LogP contribution in [0.3, 0.4) is 0 Å². The molecule has 0 saturated carbocycles. The molecule has 3 aromatic rings. The molecule has 1 N–H and O–H groups in total. The molecule has 4 rings (SSSR count). The summed E-state index contributed by atoms with van der Waals surface area (Å²) in [7, 11) is 3.13. The molecule has 2 amide bonds. The highest BCUT2D eigenvalue weighted by atomic mass is 16.6. The third kappa shape index (κ3) is 5.32. The Labute approximate surface area is 197 Å². The van der Waals surface area contributed by atoms with E-state index in [9.17, 15) is 9.59 Å². The van der Waals surface area contributed by atoms with E-state index in [1.54, 1.807) is 50.9 Å². The van der Waals surface area contributed by atoms with E-state index in [1.807, 2.05) is 30.3 Å². The predicted molar refractivity (Wildman–Crippen MR) is 126 cm³/mol. The molecule has 0 spiro atoms. The van der Waals surface area contributed by atoms with E-state index in [4.69, 9.17) is 14.2 Å². The number of rotatable bonds is 8. The number of ether oxygens (including phenoxy) is 3. The minimum absolute atomic E-state index is 0.0800. The molecule has 2 heterocycles. The van der Waals surface area contributed by atoms with Gasteiger partial charge in [0.1, 0.15) is 12.3 Å². The first-order chi connectivity index (χ1) is 16.6. The average Bonchev–Trinajstić information content (AvgIpc) is 2.89. The minimum Gasteiger partial charge on any atom is -0.493 e. The van der Waals surface area contributed by atoms with E-state index in [1.165, 1.54) is 5.01 Å². The van der Waals surface area contributed by atoms with E-state index in [-0.39, 0.29) is 12.5 Å². The van der Waals surface area contributed by atoms with Gasteiger partial charge in [-0.1, -0.05) is 12.1 Å². The van der Waals surface area contributed by atoms with Gasteiger partial charge < -0.3 is 19.5 Å². The van der Waals surface area contributed by atoms with Crippen molar-refractivity contribution in [1.29, 1.82) is 0 Å². The molecule has 0 aliphatic carbocycles. The van der Waals surface area contributed by atoms with Crippen LogP contribution in [0.1, 0.15) is 21.5 Å². The fourth-order valence-electron chi connectivity index (χ4n) is 3.41. The number of cyclic esters (lactones) is 1. The number of hydrazone groups is 1. The van der Waals surface area contributed by atoms with Crippen LogP contribution in [0.4, 0.5) is 10.5 Å². The summed E-state index contributed by atoms with van der Waals surface area (Å²) in [6, 6.07) is 16.2. The highest BCUT2D eigenvalue weighted by Gasteiger charge is 2.23. The van der Waals surface area contributed by atoms with Crippen molar-refractivity contribution in [3.8, 4) is 11.5 Å². The van der Waals surface area contributed by atoms with Crippen LogP contribution in [-0.4, -0.2) is 55.1 Å². The molecule has 0 saturated heterocycles. The van der Waals surface area contributed by atoms with Gasteiger partial charge in [0.05, 0.1) is 20.8 Å². The van der Waals surface area contributed by atoms with Gasteiger partial charge in [0.25, 0.3) is 5.91 Å². The van der Waals surface area contributed by atoms with E-state index in [0.29, 0.717) is 41.4 Å². The summed E-state index contributed by atoms with van der Waals surface area (Å²) in [6.45, 7) is 0.426. The maximum atomic E-state index is 12.3. The molecular formula is C25H24N4O5. The maximum Gasteiger partial charge on any atom is 0.430 e. The Balaban J connectivity index is 1.39. The molecule has 1 aliphatic heterocycles. The third-order valence-corrected chi connectivity index (χ3v) is 5.27. The number of nitrogens with one attached hydrogen (secondary N) is 1. The second-order valence-electron chi connectivity index (χ2n) is 7.43. The number of amides is 2. The molecule has 0 unspecified atom stereocenters. The third-order valence-electron chi connectivity index (χ3n) is 5.27. The van der Waals surface area contributed by atoms with Gasteiger partial charge in [-0.2, -0.15) is 10.1 Å². The van der Waals surface area contributed by atoms with Crippen LogP contribution in [0.5, 0.6) is 11.5 Å². The molecule has 9 nitrogen and oxygen atoms in total. The molecule has 1 aromatic heterocycles. The minimum atomic E-state index is -0.495. The summed E-state index contributed by atoms with van der Waals surface area (Å²) >= 11 is 0. The van der Waals surface area contributed by atoms with Gasteiger partial charge in [-0.3, -0.25) is 9.78 Å². The standard InChI is InChI=1S/C25H24N4O5/c1-32-22-8-5-19(15-23(22)33-2)21-16-34-25(31)29(28-21)14-11-17-3-6-20(7-4-17)27-24(30)18-9-12-26-13-10-18/h3-10,12-13,15H,11,14,16H2,1-2H3,(H,27,30). The van der Waals surface area contributed by atoms with E-state index in [2.05, 4.69) is 15.4 Å². The zero-order chi connectivity index (χ0) is 23.9. The first-order valence-electron chi connectivity index (χ1n) is 10.6. The van der Waals surface area contributed by atoms with Gasteiger partial charge in [0.15, 0.2) is 11.5 Å². The quantitative estimate of drug-likeness (QED) is 0.549. The fourth-order valence-corrected chi connectivity index (χ4v) is 3.41. The molecule has 0 fully saturated rings. The molecular weight excluding hydrogens is 436 g/mol. The average molecular weight is 460 g/mol. The second kappa shape index (κ2) is 10.5. The number of anilines is 1. The van der Waals surface area contributed by atoms with Crippen LogP contribution in [0, 0.1) is 0 Å². The van der Waals surface area contributed by atoms with Gasteiger partial charge in [-0.25, -0.2) is 4.79 Å². The SMILES string of the molecule is COc1ccc(C2=NN(CCc3ccc(NC(=O)c4ccncc4)cc3)C(=O)OC2)cc1OC. The van der Waals surface area contributed by atoms with Crippen molar-refractivity contribution in [2.24, 2.45) is 5.10 Å². The predicted octanol–water partition coefficient (Wildman–Crippen LogP) is 3.75. The number of carbonyl (C=O) groups is 2. The van der Waals surface area contributed by atoms with E-state index in [0.717, 1.165) is 11.1 Å². The smallest absolute Gasteiger partial charge is 0.430 e. The Morgan fingerprint density at radius 3 is 2.47 bits per heavy atom. The lowest BCUT2D eigenvalue weighted by Crippen LogP contribution is -2.36. The Bertz CT molecular complexity index is 1200. The zero-order valence-electron chi connectivity index (χ0n) is 18.9. The Kier molecular flexibility index (Phi) is 7.02. The molecule has 34 heavy (non-hydrogen) atoms. The van der Waals surface area contributed by atoms with Gasteiger partial charge in [0.2, 0.25) is 0 Å². The van der Waals surface area contributed by atoms with Crippen molar-refractivity contribution in [2.45, 2.75) is 6.42 Å². The van der Waals surface area contributed by atoms with Crippen LogP contribution in [0.15, 0.2) is 72.1 Å². The van der Waals surface area contributed by atoms with E-state index >= 15 is 0 Å². The Morgan fingerprint density at radius 2 is 1.76 bits per heavy atom. The summed E-state index contributed by atoms with van der Waals surface area (Å²) < 4.78 is 15.9. The zero-order valence-corrected chi connectivity index (χ0v) is 18.9. The molecule has 9 heteroatoms. The molecule has 0 bridgehead atoms. The Hall–Kier alpha value is -4.40.